The molecule has 3 atom stereocenters. The summed E-state index contributed by atoms with van der Waals surface area (Å²) in [5.41, 5.74) is 13.7. The Morgan fingerprint density at radius 3 is 2.19 bits per heavy atom. The lowest BCUT2D eigenvalue weighted by Crippen LogP contribution is -2.21. The molecule has 3 unspecified atom stereocenters. The molecule has 4 aliphatic rings. The second-order valence-corrected chi connectivity index (χ2v) is 14.4. The van der Waals surface area contributed by atoms with Crippen LogP contribution in [0.2, 0.25) is 0 Å². The molecular formula is C47H45N. The van der Waals surface area contributed by atoms with Crippen molar-refractivity contribution in [1.29, 1.82) is 0 Å². The fourth-order valence-electron chi connectivity index (χ4n) is 8.25. The second-order valence-electron chi connectivity index (χ2n) is 14.4. The van der Waals surface area contributed by atoms with E-state index in [9.17, 15) is 0 Å². The van der Waals surface area contributed by atoms with Crippen LogP contribution >= 0.6 is 0 Å². The zero-order valence-corrected chi connectivity index (χ0v) is 28.2. The second kappa shape index (κ2) is 13.0. The first-order chi connectivity index (χ1) is 23.5. The van der Waals surface area contributed by atoms with Crippen molar-refractivity contribution in [1.82, 2.24) is 0 Å². The summed E-state index contributed by atoms with van der Waals surface area (Å²) < 4.78 is 0. The summed E-state index contributed by atoms with van der Waals surface area (Å²) in [4.78, 5) is 2.46. The maximum Gasteiger partial charge on any atom is 0.0461 e. The van der Waals surface area contributed by atoms with E-state index in [0.29, 0.717) is 17.8 Å². The van der Waals surface area contributed by atoms with Crippen molar-refractivity contribution in [2.45, 2.75) is 57.3 Å². The molecule has 0 aromatic heterocycles. The van der Waals surface area contributed by atoms with Crippen LogP contribution in [0.4, 0.5) is 11.4 Å². The average molecular weight is 624 g/mol. The van der Waals surface area contributed by atoms with Gasteiger partial charge in [0.1, 0.15) is 0 Å². The third-order valence-electron chi connectivity index (χ3n) is 11.0. The number of anilines is 2. The summed E-state index contributed by atoms with van der Waals surface area (Å²) in [7, 11) is 0. The van der Waals surface area contributed by atoms with Crippen molar-refractivity contribution >= 4 is 16.9 Å². The fraction of sp³-hybridized carbons (Fsp3) is 0.234. The summed E-state index contributed by atoms with van der Waals surface area (Å²) in [6.07, 6.45) is 27.1. The zero-order chi connectivity index (χ0) is 32.5. The molecule has 4 aromatic carbocycles. The van der Waals surface area contributed by atoms with Crippen LogP contribution in [0.15, 0.2) is 169 Å². The van der Waals surface area contributed by atoms with Crippen molar-refractivity contribution in [2.24, 2.45) is 11.8 Å². The zero-order valence-electron chi connectivity index (χ0n) is 28.2. The average Bonchev–Trinajstić information content (AvgIpc) is 3.37. The van der Waals surface area contributed by atoms with E-state index in [1.807, 2.05) is 0 Å². The van der Waals surface area contributed by atoms with Crippen molar-refractivity contribution in [3.63, 3.8) is 0 Å². The molecule has 0 fully saturated rings. The molecule has 0 aliphatic heterocycles. The molecule has 0 radical (unpaired) electrons. The van der Waals surface area contributed by atoms with Gasteiger partial charge in [-0.15, -0.1) is 0 Å². The lowest BCUT2D eigenvalue weighted by atomic mass is 9.76. The van der Waals surface area contributed by atoms with E-state index < -0.39 is 0 Å². The van der Waals surface area contributed by atoms with Gasteiger partial charge < -0.3 is 4.90 Å². The minimum Gasteiger partial charge on any atom is -0.314 e. The molecule has 1 nitrogen and oxygen atoms in total. The lowest BCUT2D eigenvalue weighted by molar-refractivity contribution is 0.569. The first-order valence-electron chi connectivity index (χ1n) is 17.8. The minimum absolute atomic E-state index is 0.00520. The van der Waals surface area contributed by atoms with Crippen LogP contribution < -0.4 is 4.90 Å². The molecule has 0 saturated heterocycles. The van der Waals surface area contributed by atoms with Gasteiger partial charge in [0, 0.05) is 28.4 Å². The number of benzene rings is 4. The Labute approximate surface area is 287 Å². The van der Waals surface area contributed by atoms with Crippen LogP contribution in [0.5, 0.6) is 0 Å². The largest absolute Gasteiger partial charge is 0.314 e. The SMILES string of the molecule is CC1(C)C2=C(C=CC(/C=C/C3C=CC(c4ccc(-c5ccccc5)cc4)CC3)C2)c2ccc(N(C3=CC=CCC3)c3ccccc3)cc21. The van der Waals surface area contributed by atoms with Gasteiger partial charge in [0.15, 0.2) is 0 Å². The molecule has 1 heteroatoms. The quantitative estimate of drug-likeness (QED) is 0.185. The first kappa shape index (κ1) is 30.5. The Kier molecular flexibility index (Phi) is 8.22. The van der Waals surface area contributed by atoms with Gasteiger partial charge in [0.25, 0.3) is 0 Å². The van der Waals surface area contributed by atoms with E-state index in [1.54, 1.807) is 5.57 Å². The highest BCUT2D eigenvalue weighted by molar-refractivity contribution is 5.88. The van der Waals surface area contributed by atoms with Crippen LogP contribution in [0.25, 0.3) is 16.7 Å². The standard InChI is InChI=1S/C47H45N/c1-47(2)45-32-35(19-18-34-20-23-37(24-21-34)39-27-25-38(26-28-39)36-12-6-3-7-13-36)22-30-43(45)44-31-29-42(33-46(44)47)48(40-14-8-4-9-15-40)41-16-10-5-11-17-41/h3-10,12-16,18-20,22-23,25-31,33-35,37H,11,17,21,24,32H2,1-2H3/b19-18+. The fourth-order valence-corrected chi connectivity index (χ4v) is 8.25. The molecule has 0 saturated carbocycles. The van der Waals surface area contributed by atoms with Crippen LogP contribution in [-0.2, 0) is 5.41 Å². The Balaban J connectivity index is 0.956. The molecule has 0 amide bonds. The Hall–Kier alpha value is -4.88. The Morgan fingerprint density at radius 1 is 0.708 bits per heavy atom. The van der Waals surface area contributed by atoms with Crippen molar-refractivity contribution in [3.8, 4) is 11.1 Å². The van der Waals surface area contributed by atoms with Gasteiger partial charge in [0.2, 0.25) is 0 Å². The topological polar surface area (TPSA) is 3.24 Å². The van der Waals surface area contributed by atoms with Gasteiger partial charge in [-0.2, -0.15) is 0 Å². The van der Waals surface area contributed by atoms with Crippen molar-refractivity contribution in [3.05, 3.63) is 186 Å². The monoisotopic (exact) mass is 623 g/mol. The Morgan fingerprint density at radius 2 is 1.46 bits per heavy atom. The van der Waals surface area contributed by atoms with E-state index >= 15 is 0 Å². The summed E-state index contributed by atoms with van der Waals surface area (Å²) >= 11 is 0. The van der Waals surface area contributed by atoms with E-state index in [-0.39, 0.29) is 5.41 Å². The third-order valence-corrected chi connectivity index (χ3v) is 11.0. The highest BCUT2D eigenvalue weighted by atomic mass is 15.1. The molecule has 0 N–H and O–H groups in total. The molecule has 0 heterocycles. The number of rotatable bonds is 7. The molecule has 48 heavy (non-hydrogen) atoms. The van der Waals surface area contributed by atoms with Gasteiger partial charge in [0.05, 0.1) is 0 Å². The molecule has 0 bridgehead atoms. The van der Waals surface area contributed by atoms with Crippen LogP contribution in [0.1, 0.15) is 68.6 Å². The highest BCUT2D eigenvalue weighted by Gasteiger charge is 2.39. The van der Waals surface area contributed by atoms with Gasteiger partial charge in [-0.25, -0.2) is 0 Å². The predicted octanol–water partition coefficient (Wildman–Crippen LogP) is 12.7. The maximum atomic E-state index is 2.48. The molecule has 8 rings (SSSR count). The summed E-state index contributed by atoms with van der Waals surface area (Å²) in [6.45, 7) is 4.87. The van der Waals surface area contributed by atoms with E-state index in [1.165, 1.54) is 63.3 Å². The smallest absolute Gasteiger partial charge is 0.0461 e. The summed E-state index contributed by atoms with van der Waals surface area (Å²) in [5, 5.41) is 0. The predicted molar refractivity (Wildman–Crippen MR) is 204 cm³/mol. The number of fused-ring (bicyclic) bond motifs is 2. The Bertz CT molecular complexity index is 1960. The van der Waals surface area contributed by atoms with Crippen molar-refractivity contribution < 1.29 is 0 Å². The van der Waals surface area contributed by atoms with Gasteiger partial charge in [-0.3, -0.25) is 0 Å². The first-order valence-corrected chi connectivity index (χ1v) is 17.8. The third kappa shape index (κ3) is 5.88. The minimum atomic E-state index is -0.00520. The van der Waals surface area contributed by atoms with E-state index in [2.05, 4.69) is 177 Å². The molecule has 4 aliphatic carbocycles. The lowest BCUT2D eigenvalue weighted by Gasteiger charge is -2.31. The van der Waals surface area contributed by atoms with Gasteiger partial charge >= 0.3 is 0 Å². The normalized spacial score (nSPS) is 22.5. The summed E-state index contributed by atoms with van der Waals surface area (Å²) in [5.74, 6) is 1.46. The number of hydrogen-bond acceptors (Lipinski definition) is 1. The number of nitrogens with zero attached hydrogens (tertiary/aromatic N) is 1. The summed E-state index contributed by atoms with van der Waals surface area (Å²) in [6, 6.07) is 37.9. The number of hydrogen-bond donors (Lipinski definition) is 0. The van der Waals surface area contributed by atoms with Crippen LogP contribution in [0, 0.1) is 11.8 Å². The molecule has 4 aromatic rings. The van der Waals surface area contributed by atoms with Gasteiger partial charge in [-0.1, -0.05) is 147 Å². The molecule has 238 valence electrons. The van der Waals surface area contributed by atoms with E-state index in [0.717, 1.165) is 19.3 Å². The number of allylic oxidation sites excluding steroid dienone is 12. The number of para-hydroxylation sites is 1. The van der Waals surface area contributed by atoms with Gasteiger partial charge in [-0.05, 0) is 108 Å². The molecular weight excluding hydrogens is 579 g/mol. The molecule has 0 spiro atoms. The maximum absolute atomic E-state index is 2.48. The van der Waals surface area contributed by atoms with Crippen molar-refractivity contribution in [2.75, 3.05) is 4.90 Å². The van der Waals surface area contributed by atoms with Crippen LogP contribution in [-0.4, -0.2) is 0 Å². The van der Waals surface area contributed by atoms with E-state index in [4.69, 9.17) is 0 Å². The highest BCUT2D eigenvalue weighted by Crippen LogP contribution is 2.52. The van der Waals surface area contributed by atoms with Crippen LogP contribution in [0.3, 0.4) is 0 Å².